The van der Waals surface area contributed by atoms with Crippen molar-refractivity contribution in [3.8, 4) is 5.75 Å². The third-order valence-corrected chi connectivity index (χ3v) is 9.01. The fourth-order valence-corrected chi connectivity index (χ4v) is 6.12. The van der Waals surface area contributed by atoms with E-state index in [1.165, 1.54) is 0 Å². The Bertz CT molecular complexity index is 1540. The molecule has 0 aliphatic carbocycles. The van der Waals surface area contributed by atoms with Gasteiger partial charge in [0, 0.05) is 13.1 Å². The van der Waals surface area contributed by atoms with Crippen molar-refractivity contribution in [1.82, 2.24) is 10.6 Å². The lowest BCUT2D eigenvalue weighted by Crippen LogP contribution is -2.51. The average molecular weight is 653 g/mol. The first-order valence-electron chi connectivity index (χ1n) is 14.6. The number of nitrogens with one attached hydrogen (secondary N) is 2. The van der Waals surface area contributed by atoms with Gasteiger partial charge in [0.25, 0.3) is 0 Å². The Labute approximate surface area is 272 Å². The number of halogens is 1. The average Bonchev–Trinajstić information content (AvgIpc) is 3.05. The minimum atomic E-state index is -3.64. The predicted molar refractivity (Wildman–Crippen MR) is 178 cm³/mol. The van der Waals surface area contributed by atoms with Crippen LogP contribution in [0.15, 0.2) is 120 Å². The van der Waals surface area contributed by atoms with Crippen molar-refractivity contribution in [3.63, 3.8) is 0 Å². The molecule has 0 heterocycles. The molecule has 45 heavy (non-hydrogen) atoms. The number of amides is 1. The Balaban J connectivity index is 0.00000552. The maximum atomic E-state index is 13.7. The van der Waals surface area contributed by atoms with E-state index in [4.69, 9.17) is 9.47 Å². The summed E-state index contributed by atoms with van der Waals surface area (Å²) in [6, 6.07) is 34.1. The van der Waals surface area contributed by atoms with E-state index in [0.29, 0.717) is 13.0 Å². The quantitative estimate of drug-likeness (QED) is 0.151. The van der Waals surface area contributed by atoms with Crippen LogP contribution in [0.4, 0.5) is 0 Å². The molecule has 4 rings (SSSR count). The number of methoxy groups -OCH3 is 1. The third-order valence-electron chi connectivity index (χ3n) is 7.24. The SMILES string of the molecule is COc1cccc(CNC[C@@H](O)[C@H](Cc2ccccc2)NC(=O)C(CCS(=O)(=O)c2ccccc2)OCc2ccccc2)c1.Cl. The Hall–Kier alpha value is -3.73. The van der Waals surface area contributed by atoms with E-state index in [1.54, 1.807) is 37.4 Å². The van der Waals surface area contributed by atoms with Gasteiger partial charge in [-0.3, -0.25) is 4.79 Å². The van der Waals surface area contributed by atoms with Crippen molar-refractivity contribution in [2.24, 2.45) is 0 Å². The molecule has 3 atom stereocenters. The maximum absolute atomic E-state index is 13.7. The molecule has 3 N–H and O–H groups in total. The molecule has 0 aliphatic rings. The van der Waals surface area contributed by atoms with Gasteiger partial charge in [-0.1, -0.05) is 91.0 Å². The molecule has 0 aromatic heterocycles. The summed E-state index contributed by atoms with van der Waals surface area (Å²) in [5.41, 5.74) is 2.80. The number of benzene rings is 4. The molecule has 0 bridgehead atoms. The van der Waals surface area contributed by atoms with Crippen molar-refractivity contribution in [3.05, 3.63) is 132 Å². The number of ether oxygens (including phenoxy) is 2. The van der Waals surface area contributed by atoms with Gasteiger partial charge in [0.05, 0.1) is 36.5 Å². The summed E-state index contributed by atoms with van der Waals surface area (Å²) in [7, 11) is -2.02. The minimum Gasteiger partial charge on any atom is -0.497 e. The summed E-state index contributed by atoms with van der Waals surface area (Å²) in [6.45, 7) is 0.853. The minimum absolute atomic E-state index is 0. The highest BCUT2D eigenvalue weighted by atomic mass is 35.5. The van der Waals surface area contributed by atoms with E-state index in [0.717, 1.165) is 22.4 Å². The summed E-state index contributed by atoms with van der Waals surface area (Å²) in [5, 5.41) is 17.5. The second-order valence-electron chi connectivity index (χ2n) is 10.6. The molecule has 0 saturated heterocycles. The van der Waals surface area contributed by atoms with Gasteiger partial charge < -0.3 is 25.2 Å². The number of hydrogen-bond donors (Lipinski definition) is 3. The Morgan fingerprint density at radius 1 is 0.822 bits per heavy atom. The number of carbonyl (C=O) groups excluding carboxylic acids is 1. The van der Waals surface area contributed by atoms with Crippen LogP contribution >= 0.6 is 12.4 Å². The first-order valence-corrected chi connectivity index (χ1v) is 16.3. The van der Waals surface area contributed by atoms with E-state index in [2.05, 4.69) is 10.6 Å². The third kappa shape index (κ3) is 11.6. The molecule has 1 amide bonds. The highest BCUT2D eigenvalue weighted by Gasteiger charge is 2.28. The largest absolute Gasteiger partial charge is 0.497 e. The monoisotopic (exact) mass is 652 g/mol. The topological polar surface area (TPSA) is 114 Å². The van der Waals surface area contributed by atoms with Gasteiger partial charge in [0.1, 0.15) is 11.9 Å². The van der Waals surface area contributed by atoms with Crippen LogP contribution in [-0.4, -0.2) is 57.1 Å². The summed E-state index contributed by atoms with van der Waals surface area (Å²) in [4.78, 5) is 13.9. The number of carbonyl (C=O) groups is 1. The molecule has 0 saturated carbocycles. The van der Waals surface area contributed by atoms with Gasteiger partial charge in [-0.25, -0.2) is 8.42 Å². The molecule has 8 nitrogen and oxygen atoms in total. The van der Waals surface area contributed by atoms with E-state index >= 15 is 0 Å². The standard InChI is InChI=1S/C35H40N2O6S.ClH/c1-42-30-17-11-16-29(22-30)24-36-25-33(38)32(23-27-12-5-2-6-13-27)37-35(39)34(43-26-28-14-7-3-8-15-28)20-21-44(40,41)31-18-9-4-10-19-31;/h2-19,22,32-34,36,38H,20-21,23-26H2,1H3,(H,37,39);1H/t32-,33+,34?;/m0./s1. The highest BCUT2D eigenvalue weighted by Crippen LogP contribution is 2.16. The lowest BCUT2D eigenvalue weighted by Gasteiger charge is -2.27. The molecule has 0 radical (unpaired) electrons. The van der Waals surface area contributed by atoms with Crippen molar-refractivity contribution >= 4 is 28.2 Å². The second-order valence-corrected chi connectivity index (χ2v) is 12.7. The van der Waals surface area contributed by atoms with Crippen LogP contribution in [0, 0.1) is 0 Å². The molecule has 240 valence electrons. The zero-order valence-electron chi connectivity index (χ0n) is 25.2. The van der Waals surface area contributed by atoms with E-state index in [-0.39, 0.29) is 42.6 Å². The van der Waals surface area contributed by atoms with Crippen LogP contribution in [0.1, 0.15) is 23.1 Å². The fraction of sp³-hybridized carbons (Fsp3) is 0.286. The molecule has 4 aromatic carbocycles. The van der Waals surface area contributed by atoms with Crippen LogP contribution in [0.2, 0.25) is 0 Å². The van der Waals surface area contributed by atoms with Crippen LogP contribution in [0.25, 0.3) is 0 Å². The number of aliphatic hydroxyl groups is 1. The van der Waals surface area contributed by atoms with Gasteiger partial charge in [0.2, 0.25) is 5.91 Å². The first-order chi connectivity index (χ1) is 21.3. The van der Waals surface area contributed by atoms with E-state index in [9.17, 15) is 18.3 Å². The van der Waals surface area contributed by atoms with Crippen molar-refractivity contribution in [2.75, 3.05) is 19.4 Å². The van der Waals surface area contributed by atoms with E-state index < -0.39 is 34.0 Å². The molecule has 0 aliphatic heterocycles. The van der Waals surface area contributed by atoms with Crippen LogP contribution in [-0.2, 0) is 38.9 Å². The summed E-state index contributed by atoms with van der Waals surface area (Å²) in [6.07, 6.45) is -1.66. The van der Waals surface area contributed by atoms with Gasteiger partial charge >= 0.3 is 0 Å². The number of rotatable bonds is 17. The summed E-state index contributed by atoms with van der Waals surface area (Å²) >= 11 is 0. The molecular formula is C35H41ClN2O6S. The molecular weight excluding hydrogens is 612 g/mol. The number of hydrogen-bond acceptors (Lipinski definition) is 7. The normalized spacial score (nSPS) is 13.2. The fourth-order valence-electron chi connectivity index (χ4n) is 4.79. The molecule has 10 heteroatoms. The Morgan fingerprint density at radius 3 is 2.07 bits per heavy atom. The molecule has 0 spiro atoms. The summed E-state index contributed by atoms with van der Waals surface area (Å²) < 4.78 is 37.4. The number of aliphatic hydroxyl groups excluding tert-OH is 1. The molecule has 4 aromatic rings. The number of sulfone groups is 1. The van der Waals surface area contributed by atoms with Crippen molar-refractivity contribution in [1.29, 1.82) is 0 Å². The Morgan fingerprint density at radius 2 is 1.42 bits per heavy atom. The summed E-state index contributed by atoms with van der Waals surface area (Å²) in [5.74, 6) is 0.00426. The Kier molecular flexibility index (Phi) is 14.5. The second kappa shape index (κ2) is 18.3. The van der Waals surface area contributed by atoms with Crippen molar-refractivity contribution < 1.29 is 27.8 Å². The molecule has 1 unspecified atom stereocenters. The maximum Gasteiger partial charge on any atom is 0.249 e. The van der Waals surface area contributed by atoms with Gasteiger partial charge in [-0.15, -0.1) is 12.4 Å². The lowest BCUT2D eigenvalue weighted by atomic mass is 10.0. The van der Waals surface area contributed by atoms with Gasteiger partial charge in [-0.2, -0.15) is 0 Å². The van der Waals surface area contributed by atoms with E-state index in [1.807, 2.05) is 84.9 Å². The van der Waals surface area contributed by atoms with Crippen LogP contribution in [0.3, 0.4) is 0 Å². The highest BCUT2D eigenvalue weighted by molar-refractivity contribution is 7.91. The van der Waals surface area contributed by atoms with Gasteiger partial charge in [-0.05, 0) is 53.8 Å². The first kappa shape index (κ1) is 35.7. The van der Waals surface area contributed by atoms with Gasteiger partial charge in [0.15, 0.2) is 9.84 Å². The zero-order chi connectivity index (χ0) is 31.2. The lowest BCUT2D eigenvalue weighted by molar-refractivity contribution is -0.135. The van der Waals surface area contributed by atoms with Crippen LogP contribution in [0.5, 0.6) is 5.75 Å². The smallest absolute Gasteiger partial charge is 0.249 e. The molecule has 0 fully saturated rings. The van der Waals surface area contributed by atoms with Crippen molar-refractivity contribution in [2.45, 2.75) is 49.1 Å². The zero-order valence-corrected chi connectivity index (χ0v) is 26.9. The predicted octanol–water partition coefficient (Wildman–Crippen LogP) is 4.74. The van der Waals surface area contributed by atoms with Crippen LogP contribution < -0.4 is 15.4 Å².